The summed E-state index contributed by atoms with van der Waals surface area (Å²) >= 11 is 0. The second kappa shape index (κ2) is 13.3. The van der Waals surface area contributed by atoms with E-state index in [9.17, 15) is 2.74 Å². The SMILES string of the molecule is [2H]c1c([2H])c(-c2cccc3ccccc23)c([2H])c(N(c2ccc(-c3ccc(-c4ccccc4)cc3)cc2)c2cccc(-c3ccc4ccccc4c3)c2)c1[2H]. The van der Waals surface area contributed by atoms with Crippen molar-refractivity contribution in [2.45, 2.75) is 0 Å². The lowest BCUT2D eigenvalue weighted by Crippen LogP contribution is -2.10. The van der Waals surface area contributed by atoms with Crippen molar-refractivity contribution in [3.05, 3.63) is 212 Å². The molecule has 9 aromatic rings. The minimum atomic E-state index is -0.222. The fourth-order valence-electron chi connectivity index (χ4n) is 6.91. The molecule has 0 heterocycles. The van der Waals surface area contributed by atoms with Crippen LogP contribution in [0, 0.1) is 0 Å². The molecule has 0 spiro atoms. The van der Waals surface area contributed by atoms with Gasteiger partial charge < -0.3 is 4.90 Å². The Morgan fingerprint density at radius 2 is 0.902 bits per heavy atom. The molecule has 0 amide bonds. The number of hydrogen-bond acceptors (Lipinski definition) is 1. The van der Waals surface area contributed by atoms with E-state index in [1.165, 1.54) is 5.56 Å². The summed E-state index contributed by atoms with van der Waals surface area (Å²) in [6, 6.07) is 63.1. The van der Waals surface area contributed by atoms with Gasteiger partial charge in [0.25, 0.3) is 0 Å². The summed E-state index contributed by atoms with van der Waals surface area (Å²) in [5.74, 6) is 0. The Balaban J connectivity index is 1.21. The van der Waals surface area contributed by atoms with Gasteiger partial charge >= 0.3 is 0 Å². The van der Waals surface area contributed by atoms with E-state index in [1.54, 1.807) is 0 Å². The molecule has 0 fully saturated rings. The maximum absolute atomic E-state index is 9.78. The van der Waals surface area contributed by atoms with E-state index < -0.39 is 0 Å². The van der Waals surface area contributed by atoms with E-state index in [4.69, 9.17) is 2.74 Å². The first kappa shape index (κ1) is 26.2. The van der Waals surface area contributed by atoms with Crippen molar-refractivity contribution in [1.82, 2.24) is 0 Å². The van der Waals surface area contributed by atoms with Crippen LogP contribution in [-0.2, 0) is 0 Å². The third-order valence-corrected chi connectivity index (χ3v) is 9.53. The second-order valence-electron chi connectivity index (χ2n) is 12.7. The van der Waals surface area contributed by atoms with Gasteiger partial charge in [0.05, 0.1) is 5.48 Å². The van der Waals surface area contributed by atoms with E-state index in [1.807, 2.05) is 102 Å². The van der Waals surface area contributed by atoms with Gasteiger partial charge in [-0.3, -0.25) is 0 Å². The molecule has 0 unspecified atom stereocenters. The summed E-state index contributed by atoms with van der Waals surface area (Å²) in [4.78, 5) is 1.91. The molecule has 0 N–H and O–H groups in total. The summed E-state index contributed by atoms with van der Waals surface area (Å²) in [6.07, 6.45) is 0. The maximum atomic E-state index is 9.78. The van der Waals surface area contributed by atoms with Crippen LogP contribution in [0.25, 0.3) is 66.1 Å². The summed E-state index contributed by atoms with van der Waals surface area (Å²) in [5.41, 5.74) is 9.21. The van der Waals surface area contributed by atoms with Gasteiger partial charge in [0.1, 0.15) is 0 Å². The van der Waals surface area contributed by atoms with Crippen LogP contribution in [0.15, 0.2) is 212 Å². The van der Waals surface area contributed by atoms with Crippen molar-refractivity contribution in [3.63, 3.8) is 0 Å². The zero-order valence-corrected chi connectivity index (χ0v) is 27.8. The summed E-state index contributed by atoms with van der Waals surface area (Å²) in [6.45, 7) is 0. The van der Waals surface area contributed by atoms with Crippen molar-refractivity contribution in [3.8, 4) is 44.5 Å². The standard InChI is InChI=1S/C50H35N/c1-2-11-36(12-3-1)38-23-25-39(26-24-38)40-29-31-46(32-30-40)51(47-19-8-17-43(34-47)44-28-27-37-13-4-5-15-42(37)33-44)48-20-9-18-45(35-48)50-22-10-16-41-14-6-7-21-49(41)50/h1-35H/i9D,18D,20D,35D. The number of rotatable bonds is 7. The van der Waals surface area contributed by atoms with E-state index in [-0.39, 0.29) is 29.9 Å². The Morgan fingerprint density at radius 1 is 0.333 bits per heavy atom. The molecule has 1 nitrogen and oxygen atoms in total. The molecule has 51 heavy (non-hydrogen) atoms. The summed E-state index contributed by atoms with van der Waals surface area (Å²) < 4.78 is 37.3. The van der Waals surface area contributed by atoms with Gasteiger partial charge in [0.2, 0.25) is 0 Å². The van der Waals surface area contributed by atoms with Gasteiger partial charge in [-0.1, -0.05) is 170 Å². The Hall–Kier alpha value is -6.70. The molecule has 240 valence electrons. The first-order valence-corrected chi connectivity index (χ1v) is 17.2. The highest BCUT2D eigenvalue weighted by Crippen LogP contribution is 2.40. The van der Waals surface area contributed by atoms with Gasteiger partial charge in [-0.25, -0.2) is 0 Å². The molecular formula is C50H35N. The molecule has 0 aliphatic rings. The number of anilines is 3. The first-order valence-electron chi connectivity index (χ1n) is 19.2. The molecule has 0 aliphatic carbocycles. The van der Waals surface area contributed by atoms with Crippen LogP contribution in [0.5, 0.6) is 0 Å². The summed E-state index contributed by atoms with van der Waals surface area (Å²) in [7, 11) is 0. The summed E-state index contributed by atoms with van der Waals surface area (Å²) in [5, 5.41) is 4.17. The molecule has 0 radical (unpaired) electrons. The van der Waals surface area contributed by atoms with Gasteiger partial charge in [-0.15, -0.1) is 0 Å². The molecular weight excluding hydrogens is 615 g/mol. The van der Waals surface area contributed by atoms with Gasteiger partial charge in [-0.2, -0.15) is 0 Å². The van der Waals surface area contributed by atoms with Gasteiger partial charge in [0, 0.05) is 17.1 Å². The lowest BCUT2D eigenvalue weighted by atomic mass is 9.97. The third-order valence-electron chi connectivity index (χ3n) is 9.53. The van der Waals surface area contributed by atoms with Crippen molar-refractivity contribution in [2.75, 3.05) is 4.90 Å². The number of hydrogen-bond donors (Lipinski definition) is 0. The van der Waals surface area contributed by atoms with Crippen LogP contribution >= 0.6 is 0 Å². The average Bonchev–Trinajstić information content (AvgIpc) is 3.25. The van der Waals surface area contributed by atoms with Gasteiger partial charge in [0.15, 0.2) is 0 Å². The predicted molar refractivity (Wildman–Crippen MR) is 218 cm³/mol. The fraction of sp³-hybridized carbons (Fsp3) is 0. The topological polar surface area (TPSA) is 3.24 Å². The highest BCUT2D eigenvalue weighted by Gasteiger charge is 2.16. The van der Waals surface area contributed by atoms with Crippen LogP contribution in [0.2, 0.25) is 0 Å². The van der Waals surface area contributed by atoms with Crippen molar-refractivity contribution in [2.24, 2.45) is 0 Å². The molecule has 0 aromatic heterocycles. The molecule has 0 bridgehead atoms. The van der Waals surface area contributed by atoms with Crippen molar-refractivity contribution < 1.29 is 5.48 Å². The Bertz CT molecular complexity index is 2840. The molecule has 9 rings (SSSR count). The normalized spacial score (nSPS) is 12.2. The van der Waals surface area contributed by atoms with Crippen molar-refractivity contribution >= 4 is 38.6 Å². The maximum Gasteiger partial charge on any atom is 0.0651 e. The third kappa shape index (κ3) is 6.07. The minimum absolute atomic E-state index is 0.0269. The number of benzene rings is 9. The molecule has 0 saturated carbocycles. The molecule has 0 atom stereocenters. The monoisotopic (exact) mass is 653 g/mol. The second-order valence-corrected chi connectivity index (χ2v) is 12.7. The zero-order valence-electron chi connectivity index (χ0n) is 31.8. The predicted octanol–water partition coefficient (Wildman–Crippen LogP) is 14.1. The first-order chi connectivity index (χ1) is 26.9. The minimum Gasteiger partial charge on any atom is -0.310 e. The van der Waals surface area contributed by atoms with Crippen LogP contribution in [0.1, 0.15) is 5.48 Å². The molecule has 9 aromatic carbocycles. The molecule has 0 aliphatic heterocycles. The molecule has 0 saturated heterocycles. The molecule has 1 heteroatoms. The Morgan fingerprint density at radius 3 is 1.69 bits per heavy atom. The van der Waals surface area contributed by atoms with Crippen molar-refractivity contribution in [1.29, 1.82) is 0 Å². The van der Waals surface area contributed by atoms with Gasteiger partial charge in [-0.05, 0) is 108 Å². The largest absolute Gasteiger partial charge is 0.310 e. The average molecular weight is 654 g/mol. The lowest BCUT2D eigenvalue weighted by molar-refractivity contribution is 1.28. The Labute approximate surface area is 305 Å². The Kier molecular flexibility index (Phi) is 6.84. The smallest absolute Gasteiger partial charge is 0.0651 e. The quantitative estimate of drug-likeness (QED) is 0.165. The highest BCUT2D eigenvalue weighted by atomic mass is 15.1. The fourth-order valence-corrected chi connectivity index (χ4v) is 6.91. The van der Waals surface area contributed by atoms with E-state index in [0.717, 1.165) is 60.7 Å². The van der Waals surface area contributed by atoms with Crippen LogP contribution in [-0.4, -0.2) is 0 Å². The van der Waals surface area contributed by atoms with Crippen LogP contribution in [0.3, 0.4) is 0 Å². The number of nitrogens with zero attached hydrogens (tertiary/aromatic N) is 1. The van der Waals surface area contributed by atoms with E-state index in [2.05, 4.69) is 91.0 Å². The number of fused-ring (bicyclic) bond motifs is 2. The van der Waals surface area contributed by atoms with E-state index >= 15 is 0 Å². The van der Waals surface area contributed by atoms with Crippen LogP contribution < -0.4 is 4.90 Å². The van der Waals surface area contributed by atoms with E-state index in [0.29, 0.717) is 11.1 Å². The highest BCUT2D eigenvalue weighted by molar-refractivity contribution is 5.97. The zero-order chi connectivity index (χ0) is 37.5. The van der Waals surface area contributed by atoms with Crippen LogP contribution in [0.4, 0.5) is 17.1 Å². The lowest BCUT2D eigenvalue weighted by Gasteiger charge is -2.27.